The van der Waals surface area contributed by atoms with E-state index in [9.17, 15) is 23.9 Å². The fraction of sp³-hybridized carbons (Fsp3) is 0.263. The molecule has 0 spiro atoms. The van der Waals surface area contributed by atoms with Gasteiger partial charge in [-0.1, -0.05) is 30.3 Å². The minimum atomic E-state index is -4.37. The molecule has 0 radical (unpaired) electrons. The summed E-state index contributed by atoms with van der Waals surface area (Å²) in [6, 6.07) is 15.1. The molecule has 0 heterocycles. The molecule has 27 heavy (non-hydrogen) atoms. The molecule has 0 aliphatic carbocycles. The van der Waals surface area contributed by atoms with E-state index >= 15 is 0 Å². The van der Waals surface area contributed by atoms with Crippen molar-refractivity contribution in [3.63, 3.8) is 0 Å². The highest BCUT2D eigenvalue weighted by Gasteiger charge is 2.28. The predicted octanol–water partition coefficient (Wildman–Crippen LogP) is 2.84. The largest absolute Gasteiger partial charge is 0.462 e. The van der Waals surface area contributed by atoms with Crippen molar-refractivity contribution >= 4 is 25.2 Å². The number of benzene rings is 2. The summed E-state index contributed by atoms with van der Waals surface area (Å²) in [6.07, 6.45) is -0.340. The average Bonchev–Trinajstić information content (AvgIpc) is 2.61. The van der Waals surface area contributed by atoms with Crippen LogP contribution in [0.15, 0.2) is 54.6 Å². The van der Waals surface area contributed by atoms with Crippen LogP contribution in [0.4, 0.5) is 5.69 Å². The Morgan fingerprint density at radius 1 is 1.07 bits per heavy atom. The van der Waals surface area contributed by atoms with Crippen molar-refractivity contribution in [1.29, 1.82) is 0 Å². The van der Waals surface area contributed by atoms with E-state index in [1.807, 2.05) is 6.07 Å². The van der Waals surface area contributed by atoms with E-state index in [1.54, 1.807) is 43.3 Å². The molecule has 3 N–H and O–H groups in total. The molecule has 0 fully saturated rings. The van der Waals surface area contributed by atoms with Crippen LogP contribution in [-0.2, 0) is 20.5 Å². The lowest BCUT2D eigenvalue weighted by Crippen LogP contribution is -2.27. The van der Waals surface area contributed by atoms with Crippen LogP contribution in [-0.4, -0.2) is 34.4 Å². The zero-order valence-electron chi connectivity index (χ0n) is 14.9. The number of hydrogen-bond donors (Lipinski definition) is 3. The summed E-state index contributed by atoms with van der Waals surface area (Å²) < 4.78 is 16.3. The Hall–Kier alpha value is -2.47. The van der Waals surface area contributed by atoms with Crippen LogP contribution >= 0.6 is 7.60 Å². The Kier molecular flexibility index (Phi) is 7.30. The van der Waals surface area contributed by atoms with E-state index in [1.165, 1.54) is 12.1 Å². The number of hydrogen-bond acceptors (Lipinski definition) is 4. The van der Waals surface area contributed by atoms with Crippen LogP contribution < -0.4 is 5.32 Å². The highest BCUT2D eigenvalue weighted by Crippen LogP contribution is 2.38. The lowest BCUT2D eigenvalue weighted by molar-refractivity contribution is -0.119. The monoisotopic (exact) mass is 391 g/mol. The first kappa shape index (κ1) is 20.8. The van der Waals surface area contributed by atoms with Gasteiger partial charge in [0.2, 0.25) is 5.91 Å². The van der Waals surface area contributed by atoms with Gasteiger partial charge >= 0.3 is 13.6 Å². The molecule has 0 aliphatic rings. The summed E-state index contributed by atoms with van der Waals surface area (Å²) in [5.74, 6) is -1.84. The maximum Gasteiger partial charge on any atom is 0.338 e. The van der Waals surface area contributed by atoms with Gasteiger partial charge in [0.1, 0.15) is 0 Å². The number of ether oxygens (including phenoxy) is 1. The number of esters is 1. The maximum atomic E-state index is 12.6. The Bertz CT molecular complexity index is 816. The van der Waals surface area contributed by atoms with Crippen molar-refractivity contribution in [2.75, 3.05) is 18.1 Å². The first-order chi connectivity index (χ1) is 12.8. The van der Waals surface area contributed by atoms with Crippen molar-refractivity contribution in [2.24, 2.45) is 5.92 Å². The van der Waals surface area contributed by atoms with Gasteiger partial charge < -0.3 is 19.8 Å². The lowest BCUT2D eigenvalue weighted by atomic mass is 10.00. The van der Waals surface area contributed by atoms with Crippen LogP contribution in [0, 0.1) is 5.92 Å². The Labute approximate surface area is 157 Å². The smallest absolute Gasteiger partial charge is 0.338 e. The average molecular weight is 391 g/mol. The van der Waals surface area contributed by atoms with E-state index in [0.717, 1.165) is 5.56 Å². The van der Waals surface area contributed by atoms with Gasteiger partial charge in [-0.25, -0.2) is 4.79 Å². The molecule has 1 atom stereocenters. The second-order valence-electron chi connectivity index (χ2n) is 6.02. The molecule has 0 aromatic heterocycles. The number of carbonyl (C=O) groups is 2. The van der Waals surface area contributed by atoms with Gasteiger partial charge in [0.15, 0.2) is 0 Å². The second kappa shape index (κ2) is 9.46. The molecule has 1 unspecified atom stereocenters. The van der Waals surface area contributed by atoms with Crippen molar-refractivity contribution in [1.82, 2.24) is 0 Å². The molecular weight excluding hydrogens is 369 g/mol. The highest BCUT2D eigenvalue weighted by molar-refractivity contribution is 7.51. The van der Waals surface area contributed by atoms with Gasteiger partial charge in [0.05, 0.1) is 24.3 Å². The minimum Gasteiger partial charge on any atom is -0.462 e. The number of amides is 1. The van der Waals surface area contributed by atoms with Gasteiger partial charge in [0.25, 0.3) is 0 Å². The highest BCUT2D eigenvalue weighted by atomic mass is 31.2. The molecule has 0 bridgehead atoms. The van der Waals surface area contributed by atoms with Gasteiger partial charge in [-0.3, -0.25) is 9.36 Å². The molecule has 144 valence electrons. The minimum absolute atomic E-state index is 0.207. The number of nitrogens with one attached hydrogen (secondary N) is 1. The van der Waals surface area contributed by atoms with E-state index in [-0.39, 0.29) is 13.0 Å². The van der Waals surface area contributed by atoms with Gasteiger partial charge in [-0.2, -0.15) is 0 Å². The molecule has 0 saturated carbocycles. The first-order valence-corrected chi connectivity index (χ1v) is 10.2. The van der Waals surface area contributed by atoms with Crippen LogP contribution in [0.2, 0.25) is 0 Å². The molecule has 0 aliphatic heterocycles. The Morgan fingerprint density at radius 3 is 2.26 bits per heavy atom. The molecule has 0 saturated heterocycles. The standard InChI is InChI=1S/C19H22NO6P/c1-2-26-19(22)15-8-10-17(11-9-15)20-18(21)16(13-27(23,24)25)12-14-6-4-3-5-7-14/h3-11,16H,2,12-13H2,1H3,(H,20,21)(H2,23,24,25). The topological polar surface area (TPSA) is 113 Å². The molecular formula is C19H22NO6P. The van der Waals surface area contributed by atoms with Crippen molar-refractivity contribution in [3.8, 4) is 0 Å². The predicted molar refractivity (Wildman–Crippen MR) is 102 cm³/mol. The van der Waals surface area contributed by atoms with Gasteiger partial charge in [0, 0.05) is 5.69 Å². The zero-order valence-corrected chi connectivity index (χ0v) is 15.8. The van der Waals surface area contributed by atoms with Crippen LogP contribution in [0.5, 0.6) is 0 Å². The van der Waals surface area contributed by atoms with Gasteiger partial charge in [-0.05, 0) is 43.2 Å². The molecule has 2 rings (SSSR count). The zero-order chi connectivity index (χ0) is 19.9. The third-order valence-electron chi connectivity index (χ3n) is 3.82. The van der Waals surface area contributed by atoms with Crippen LogP contribution in [0.1, 0.15) is 22.8 Å². The van der Waals surface area contributed by atoms with E-state index in [4.69, 9.17) is 4.74 Å². The SMILES string of the molecule is CCOC(=O)c1ccc(NC(=O)C(Cc2ccccc2)CP(=O)(O)O)cc1. The molecule has 7 nitrogen and oxygen atoms in total. The molecule has 1 amide bonds. The summed E-state index contributed by atoms with van der Waals surface area (Å²) in [6.45, 7) is 1.97. The van der Waals surface area contributed by atoms with Crippen LogP contribution in [0.3, 0.4) is 0 Å². The summed E-state index contributed by atoms with van der Waals surface area (Å²) >= 11 is 0. The molecule has 2 aromatic carbocycles. The maximum absolute atomic E-state index is 12.6. The van der Waals surface area contributed by atoms with Crippen molar-refractivity contribution in [2.45, 2.75) is 13.3 Å². The lowest BCUT2D eigenvalue weighted by Gasteiger charge is -2.18. The number of carbonyl (C=O) groups excluding carboxylic acids is 2. The van der Waals surface area contributed by atoms with E-state index in [2.05, 4.69) is 5.32 Å². The fourth-order valence-corrected chi connectivity index (χ4v) is 3.44. The second-order valence-corrected chi connectivity index (χ2v) is 7.72. The summed E-state index contributed by atoms with van der Waals surface area (Å²) in [7, 11) is -4.37. The van der Waals surface area contributed by atoms with E-state index < -0.39 is 31.6 Å². The van der Waals surface area contributed by atoms with Crippen molar-refractivity contribution in [3.05, 3.63) is 65.7 Å². The van der Waals surface area contributed by atoms with Crippen molar-refractivity contribution < 1.29 is 28.7 Å². The summed E-state index contributed by atoms with van der Waals surface area (Å²) in [5, 5.41) is 2.65. The number of anilines is 1. The summed E-state index contributed by atoms with van der Waals surface area (Å²) in [4.78, 5) is 42.8. The van der Waals surface area contributed by atoms with E-state index in [0.29, 0.717) is 11.3 Å². The third-order valence-corrected chi connectivity index (χ3v) is 4.73. The van der Waals surface area contributed by atoms with Gasteiger partial charge in [-0.15, -0.1) is 0 Å². The fourth-order valence-electron chi connectivity index (χ4n) is 2.57. The summed E-state index contributed by atoms with van der Waals surface area (Å²) in [5.41, 5.74) is 1.59. The van der Waals surface area contributed by atoms with Crippen LogP contribution in [0.25, 0.3) is 0 Å². The first-order valence-electron chi connectivity index (χ1n) is 8.45. The Balaban J connectivity index is 2.10. The third kappa shape index (κ3) is 6.98. The normalized spacial score (nSPS) is 12.3. The quantitative estimate of drug-likeness (QED) is 0.471. The Morgan fingerprint density at radius 2 is 1.70 bits per heavy atom. The molecule has 2 aromatic rings. The molecule has 8 heteroatoms. The number of rotatable bonds is 8.